The summed E-state index contributed by atoms with van der Waals surface area (Å²) in [5.41, 5.74) is 2.70. The second-order valence-corrected chi connectivity index (χ2v) is 6.30. The van der Waals surface area contributed by atoms with E-state index in [4.69, 9.17) is 0 Å². The average Bonchev–Trinajstić information content (AvgIpc) is 3.07. The minimum atomic E-state index is 0.0917. The molecule has 0 aromatic heterocycles. The van der Waals surface area contributed by atoms with Crippen LogP contribution in [-0.2, 0) is 6.54 Å². The van der Waals surface area contributed by atoms with Gasteiger partial charge >= 0.3 is 0 Å². The van der Waals surface area contributed by atoms with E-state index >= 15 is 0 Å². The Bertz CT molecular complexity index is 683. The van der Waals surface area contributed by atoms with Gasteiger partial charge in [-0.25, -0.2) is 0 Å². The van der Waals surface area contributed by atoms with Gasteiger partial charge in [-0.05, 0) is 42.2 Å². The van der Waals surface area contributed by atoms with Gasteiger partial charge < -0.3 is 0 Å². The van der Waals surface area contributed by atoms with Crippen LogP contribution in [0.25, 0.3) is 0 Å². The number of ketones is 1. The maximum Gasteiger partial charge on any atom is 0.193 e. The maximum absolute atomic E-state index is 12.6. The van der Waals surface area contributed by atoms with Crippen LogP contribution in [0.15, 0.2) is 65.6 Å². The van der Waals surface area contributed by atoms with E-state index in [0.717, 1.165) is 30.8 Å². The molecule has 1 heterocycles. The van der Waals surface area contributed by atoms with E-state index in [-0.39, 0.29) is 5.78 Å². The zero-order valence-corrected chi connectivity index (χ0v) is 13.5. The van der Waals surface area contributed by atoms with Crippen molar-refractivity contribution in [1.29, 1.82) is 0 Å². The molecule has 3 heteroatoms. The summed E-state index contributed by atoms with van der Waals surface area (Å²) in [5.74, 6) is 0.0917. The molecule has 112 valence electrons. The lowest BCUT2D eigenvalue weighted by Crippen LogP contribution is -2.19. The van der Waals surface area contributed by atoms with Crippen molar-refractivity contribution in [2.75, 3.05) is 19.3 Å². The highest BCUT2D eigenvalue weighted by Gasteiger charge is 2.11. The zero-order chi connectivity index (χ0) is 15.4. The smallest absolute Gasteiger partial charge is 0.193 e. The van der Waals surface area contributed by atoms with Gasteiger partial charge in [-0.15, -0.1) is 11.8 Å². The molecule has 2 nitrogen and oxygen atoms in total. The number of carbonyl (C=O) groups excluding carboxylic acids is 1. The highest BCUT2D eigenvalue weighted by molar-refractivity contribution is 7.98. The van der Waals surface area contributed by atoms with Crippen molar-refractivity contribution in [3.8, 4) is 0 Å². The highest BCUT2D eigenvalue weighted by atomic mass is 32.2. The Hall–Kier alpha value is -1.84. The van der Waals surface area contributed by atoms with Gasteiger partial charge in [0, 0.05) is 35.7 Å². The molecule has 2 aromatic rings. The van der Waals surface area contributed by atoms with Crippen LogP contribution in [0.2, 0.25) is 0 Å². The summed E-state index contributed by atoms with van der Waals surface area (Å²) in [5, 5.41) is 0. The Balaban J connectivity index is 1.76. The molecule has 0 saturated heterocycles. The Morgan fingerprint density at radius 3 is 2.45 bits per heavy atom. The monoisotopic (exact) mass is 309 g/mol. The van der Waals surface area contributed by atoms with Crippen LogP contribution in [0.3, 0.4) is 0 Å². The fourth-order valence-corrected chi connectivity index (χ4v) is 3.04. The first kappa shape index (κ1) is 15.1. The molecular weight excluding hydrogens is 290 g/mol. The molecular formula is C19H19NOS. The number of hydrogen-bond donors (Lipinski definition) is 0. The van der Waals surface area contributed by atoms with Gasteiger partial charge in [-0.1, -0.05) is 30.4 Å². The van der Waals surface area contributed by atoms with Crippen LogP contribution in [0.5, 0.6) is 0 Å². The Kier molecular flexibility index (Phi) is 4.76. The third kappa shape index (κ3) is 3.49. The van der Waals surface area contributed by atoms with E-state index in [1.165, 1.54) is 10.5 Å². The number of benzene rings is 2. The van der Waals surface area contributed by atoms with Gasteiger partial charge in [0.25, 0.3) is 0 Å². The number of thioether (sulfide) groups is 1. The largest absolute Gasteiger partial charge is 0.292 e. The Morgan fingerprint density at radius 2 is 1.77 bits per heavy atom. The average molecular weight is 309 g/mol. The predicted octanol–water partition coefficient (Wildman–Crippen LogP) is 4.01. The number of hydrogen-bond acceptors (Lipinski definition) is 3. The zero-order valence-electron chi connectivity index (χ0n) is 12.7. The summed E-state index contributed by atoms with van der Waals surface area (Å²) < 4.78 is 0. The van der Waals surface area contributed by atoms with Gasteiger partial charge in [-0.3, -0.25) is 9.69 Å². The predicted molar refractivity (Wildman–Crippen MR) is 92.5 cm³/mol. The molecule has 0 amide bonds. The lowest BCUT2D eigenvalue weighted by Gasteiger charge is -2.15. The van der Waals surface area contributed by atoms with Crippen LogP contribution in [0, 0.1) is 0 Å². The van der Waals surface area contributed by atoms with Crippen LogP contribution >= 0.6 is 11.8 Å². The number of nitrogens with zero attached hydrogens (tertiary/aromatic N) is 1. The second kappa shape index (κ2) is 6.95. The van der Waals surface area contributed by atoms with Crippen LogP contribution in [0.4, 0.5) is 0 Å². The molecule has 0 radical (unpaired) electrons. The van der Waals surface area contributed by atoms with Crippen LogP contribution in [-0.4, -0.2) is 30.0 Å². The number of rotatable bonds is 5. The van der Waals surface area contributed by atoms with Crippen molar-refractivity contribution in [3.63, 3.8) is 0 Å². The molecule has 0 saturated carbocycles. The SMILES string of the molecule is CSc1ccc(C(=O)c2cccc(CN3CC=CC3)c2)cc1. The van der Waals surface area contributed by atoms with Crippen molar-refractivity contribution < 1.29 is 4.79 Å². The lowest BCUT2D eigenvalue weighted by molar-refractivity contribution is 0.103. The summed E-state index contributed by atoms with van der Waals surface area (Å²) in [4.78, 5) is 16.1. The lowest BCUT2D eigenvalue weighted by atomic mass is 10.0. The molecule has 0 aliphatic carbocycles. The maximum atomic E-state index is 12.6. The van der Waals surface area contributed by atoms with Gasteiger partial charge in [0.1, 0.15) is 0 Å². The van der Waals surface area contributed by atoms with Gasteiger partial charge in [0.2, 0.25) is 0 Å². The molecule has 1 aliphatic heterocycles. The standard InChI is InChI=1S/C19H19NOS/c1-22-18-9-7-16(8-10-18)19(21)17-6-4-5-15(13-17)14-20-11-2-3-12-20/h2-10,13H,11-12,14H2,1H3. The summed E-state index contributed by atoms with van der Waals surface area (Å²) in [6, 6.07) is 15.8. The third-order valence-corrected chi connectivity index (χ3v) is 4.59. The van der Waals surface area contributed by atoms with E-state index in [9.17, 15) is 4.79 Å². The first-order valence-corrected chi connectivity index (χ1v) is 8.64. The van der Waals surface area contributed by atoms with E-state index in [0.29, 0.717) is 0 Å². The Morgan fingerprint density at radius 1 is 1.05 bits per heavy atom. The second-order valence-electron chi connectivity index (χ2n) is 5.42. The third-order valence-electron chi connectivity index (χ3n) is 3.84. The first-order valence-electron chi connectivity index (χ1n) is 7.41. The molecule has 0 N–H and O–H groups in total. The molecule has 0 bridgehead atoms. The molecule has 3 rings (SSSR count). The molecule has 2 aromatic carbocycles. The van der Waals surface area contributed by atoms with E-state index in [1.54, 1.807) is 11.8 Å². The van der Waals surface area contributed by atoms with Gasteiger partial charge in [0.15, 0.2) is 5.78 Å². The minimum Gasteiger partial charge on any atom is -0.292 e. The normalized spacial score (nSPS) is 14.4. The summed E-state index contributed by atoms with van der Waals surface area (Å²) in [6.07, 6.45) is 6.40. The topological polar surface area (TPSA) is 20.3 Å². The summed E-state index contributed by atoms with van der Waals surface area (Å²) in [7, 11) is 0. The van der Waals surface area contributed by atoms with Crippen molar-refractivity contribution in [2.24, 2.45) is 0 Å². The van der Waals surface area contributed by atoms with Crippen LogP contribution < -0.4 is 0 Å². The first-order chi connectivity index (χ1) is 10.8. The quantitative estimate of drug-likeness (QED) is 0.473. The fourth-order valence-electron chi connectivity index (χ4n) is 2.63. The van der Waals surface area contributed by atoms with E-state index in [2.05, 4.69) is 23.1 Å². The van der Waals surface area contributed by atoms with Crippen molar-refractivity contribution in [2.45, 2.75) is 11.4 Å². The molecule has 0 unspecified atom stereocenters. The molecule has 22 heavy (non-hydrogen) atoms. The van der Waals surface area contributed by atoms with E-state index < -0.39 is 0 Å². The van der Waals surface area contributed by atoms with Gasteiger partial charge in [-0.2, -0.15) is 0 Å². The van der Waals surface area contributed by atoms with Gasteiger partial charge in [0.05, 0.1) is 0 Å². The summed E-state index contributed by atoms with van der Waals surface area (Å²) in [6.45, 7) is 2.88. The minimum absolute atomic E-state index is 0.0917. The van der Waals surface area contributed by atoms with Crippen LogP contribution in [0.1, 0.15) is 21.5 Å². The van der Waals surface area contributed by atoms with Crippen molar-refractivity contribution >= 4 is 17.5 Å². The molecule has 0 atom stereocenters. The molecule has 1 aliphatic rings. The fraction of sp³-hybridized carbons (Fsp3) is 0.211. The van der Waals surface area contributed by atoms with E-state index in [1.807, 2.05) is 48.7 Å². The summed E-state index contributed by atoms with van der Waals surface area (Å²) >= 11 is 1.68. The highest BCUT2D eigenvalue weighted by Crippen LogP contribution is 2.18. The number of carbonyl (C=O) groups is 1. The molecule has 0 fully saturated rings. The van der Waals surface area contributed by atoms with Crippen molar-refractivity contribution in [3.05, 3.63) is 77.4 Å². The molecule has 0 spiro atoms. The van der Waals surface area contributed by atoms with Crippen molar-refractivity contribution in [1.82, 2.24) is 4.90 Å². The Labute approximate surface area is 135 Å².